The fraction of sp³-hybridized carbons (Fsp3) is 0.267. The largest absolute Gasteiger partial charge is 0.371 e. The van der Waals surface area contributed by atoms with Gasteiger partial charge in [-0.3, -0.25) is 4.98 Å². The molecule has 4 heteroatoms. The second-order valence-electron chi connectivity index (χ2n) is 4.70. The Hall–Kier alpha value is -2.41. The van der Waals surface area contributed by atoms with Crippen LogP contribution in [-0.2, 0) is 0 Å². The third kappa shape index (κ3) is 2.41. The smallest absolute Gasteiger partial charge is 0.142 e. The van der Waals surface area contributed by atoms with Gasteiger partial charge in [0.25, 0.3) is 0 Å². The van der Waals surface area contributed by atoms with Gasteiger partial charge < -0.3 is 4.90 Å². The maximum Gasteiger partial charge on any atom is 0.142 e. The summed E-state index contributed by atoms with van der Waals surface area (Å²) in [4.78, 5) is 10.7. The van der Waals surface area contributed by atoms with Crippen LogP contribution in [0.25, 0.3) is 0 Å². The summed E-state index contributed by atoms with van der Waals surface area (Å²) in [5.41, 5.74) is 2.70. The number of rotatable bonds is 2. The minimum atomic E-state index is 0.471. The number of pyridine rings is 2. The van der Waals surface area contributed by atoms with Gasteiger partial charge in [0.2, 0.25) is 0 Å². The van der Waals surface area contributed by atoms with Crippen LogP contribution in [0, 0.1) is 11.3 Å². The van der Waals surface area contributed by atoms with E-state index in [-0.39, 0.29) is 0 Å². The lowest BCUT2D eigenvalue weighted by Crippen LogP contribution is -2.19. The standard InChI is InChI=1S/C15H14N4/c16-10-13-9-14(4-7-17-13)19-8-5-12(11-19)15-3-1-2-6-18-15/h1-4,6-7,9,12H,5,8,11H2. The molecule has 0 bridgehead atoms. The van der Waals surface area contributed by atoms with Crippen molar-refractivity contribution in [2.24, 2.45) is 0 Å². The lowest BCUT2D eigenvalue weighted by atomic mass is 10.0. The van der Waals surface area contributed by atoms with Gasteiger partial charge >= 0.3 is 0 Å². The first-order valence-electron chi connectivity index (χ1n) is 6.39. The molecule has 0 aliphatic carbocycles. The van der Waals surface area contributed by atoms with Crippen molar-refractivity contribution in [1.82, 2.24) is 9.97 Å². The fourth-order valence-electron chi connectivity index (χ4n) is 2.53. The van der Waals surface area contributed by atoms with E-state index in [0.29, 0.717) is 11.6 Å². The van der Waals surface area contributed by atoms with E-state index in [1.165, 1.54) is 0 Å². The molecule has 4 nitrogen and oxygen atoms in total. The zero-order valence-corrected chi connectivity index (χ0v) is 10.5. The van der Waals surface area contributed by atoms with E-state index in [9.17, 15) is 0 Å². The predicted molar refractivity (Wildman–Crippen MR) is 72.8 cm³/mol. The molecular weight excluding hydrogens is 236 g/mol. The number of nitriles is 1. The molecular formula is C15H14N4. The Balaban J connectivity index is 1.77. The Bertz CT molecular complexity index is 603. The molecule has 0 N–H and O–H groups in total. The van der Waals surface area contributed by atoms with Crippen LogP contribution in [0.15, 0.2) is 42.7 Å². The molecule has 3 heterocycles. The topological polar surface area (TPSA) is 52.8 Å². The van der Waals surface area contributed by atoms with Crippen molar-refractivity contribution in [2.75, 3.05) is 18.0 Å². The van der Waals surface area contributed by atoms with Crippen molar-refractivity contribution in [3.05, 3.63) is 54.1 Å². The second-order valence-corrected chi connectivity index (χ2v) is 4.70. The number of nitrogens with zero attached hydrogens (tertiary/aromatic N) is 4. The van der Waals surface area contributed by atoms with E-state index in [2.05, 4.69) is 27.0 Å². The van der Waals surface area contributed by atoms with Gasteiger partial charge in [-0.15, -0.1) is 0 Å². The van der Waals surface area contributed by atoms with Crippen LogP contribution in [0.2, 0.25) is 0 Å². The summed E-state index contributed by atoms with van der Waals surface area (Å²) in [5, 5.41) is 8.89. The SMILES string of the molecule is N#Cc1cc(N2CCC(c3ccccn3)C2)ccn1. The molecule has 0 saturated carbocycles. The summed E-state index contributed by atoms with van der Waals surface area (Å²) in [5.74, 6) is 0.472. The van der Waals surface area contributed by atoms with Crippen molar-refractivity contribution in [2.45, 2.75) is 12.3 Å². The molecule has 0 amide bonds. The van der Waals surface area contributed by atoms with Crippen LogP contribution in [0.3, 0.4) is 0 Å². The highest BCUT2D eigenvalue weighted by molar-refractivity contribution is 5.50. The fourth-order valence-corrected chi connectivity index (χ4v) is 2.53. The van der Waals surface area contributed by atoms with Gasteiger partial charge in [-0.25, -0.2) is 4.98 Å². The van der Waals surface area contributed by atoms with Crippen LogP contribution in [0.1, 0.15) is 23.7 Å². The van der Waals surface area contributed by atoms with Gasteiger partial charge in [-0.05, 0) is 30.7 Å². The summed E-state index contributed by atoms with van der Waals surface area (Å²) >= 11 is 0. The zero-order valence-electron chi connectivity index (χ0n) is 10.5. The first-order valence-corrected chi connectivity index (χ1v) is 6.39. The molecule has 1 fully saturated rings. The summed E-state index contributed by atoms with van der Waals surface area (Å²) in [7, 11) is 0. The van der Waals surface area contributed by atoms with Crippen LogP contribution in [-0.4, -0.2) is 23.1 Å². The first-order chi connectivity index (χ1) is 9.36. The zero-order chi connectivity index (χ0) is 13.1. The molecule has 1 aliphatic heterocycles. The van der Waals surface area contributed by atoms with Crippen molar-refractivity contribution in [3.8, 4) is 6.07 Å². The third-order valence-electron chi connectivity index (χ3n) is 3.52. The maximum atomic E-state index is 8.89. The van der Waals surface area contributed by atoms with Crippen molar-refractivity contribution < 1.29 is 0 Å². The first kappa shape index (κ1) is 11.7. The van der Waals surface area contributed by atoms with Gasteiger partial charge in [-0.1, -0.05) is 6.07 Å². The van der Waals surface area contributed by atoms with E-state index in [1.54, 1.807) is 6.20 Å². The maximum absolute atomic E-state index is 8.89. The molecule has 1 saturated heterocycles. The Kier molecular flexibility index (Phi) is 3.11. The Morgan fingerprint density at radius 1 is 1.21 bits per heavy atom. The van der Waals surface area contributed by atoms with E-state index in [0.717, 1.165) is 30.9 Å². The number of hydrogen-bond acceptors (Lipinski definition) is 4. The quantitative estimate of drug-likeness (QED) is 0.821. The lowest BCUT2D eigenvalue weighted by Gasteiger charge is -2.18. The Labute approximate surface area is 112 Å². The Morgan fingerprint density at radius 2 is 2.16 bits per heavy atom. The summed E-state index contributed by atoms with van der Waals surface area (Å²) < 4.78 is 0. The van der Waals surface area contributed by atoms with E-state index >= 15 is 0 Å². The number of aromatic nitrogens is 2. The molecule has 2 aromatic heterocycles. The van der Waals surface area contributed by atoms with Crippen molar-refractivity contribution in [1.29, 1.82) is 5.26 Å². The van der Waals surface area contributed by atoms with Crippen LogP contribution < -0.4 is 4.90 Å². The molecule has 3 rings (SSSR count). The van der Waals surface area contributed by atoms with Crippen LogP contribution in [0.5, 0.6) is 0 Å². The number of anilines is 1. The highest BCUT2D eigenvalue weighted by Gasteiger charge is 2.24. The molecule has 0 aromatic carbocycles. The second kappa shape index (κ2) is 5.07. The van der Waals surface area contributed by atoms with Gasteiger partial charge in [0, 0.05) is 42.8 Å². The van der Waals surface area contributed by atoms with Gasteiger partial charge in [0.1, 0.15) is 11.8 Å². The Morgan fingerprint density at radius 3 is 2.95 bits per heavy atom. The van der Waals surface area contributed by atoms with Crippen molar-refractivity contribution >= 4 is 5.69 Å². The van der Waals surface area contributed by atoms with Gasteiger partial charge in [-0.2, -0.15) is 5.26 Å². The third-order valence-corrected chi connectivity index (χ3v) is 3.52. The van der Waals surface area contributed by atoms with E-state index < -0.39 is 0 Å². The summed E-state index contributed by atoms with van der Waals surface area (Å²) in [6.45, 7) is 1.95. The molecule has 0 radical (unpaired) electrons. The molecule has 1 unspecified atom stereocenters. The van der Waals surface area contributed by atoms with Gasteiger partial charge in [0.05, 0.1) is 0 Å². The average Bonchev–Trinajstić information content (AvgIpc) is 2.98. The van der Waals surface area contributed by atoms with Crippen molar-refractivity contribution in [3.63, 3.8) is 0 Å². The minimum absolute atomic E-state index is 0.471. The minimum Gasteiger partial charge on any atom is -0.371 e. The van der Waals surface area contributed by atoms with Gasteiger partial charge in [0.15, 0.2) is 0 Å². The molecule has 94 valence electrons. The highest BCUT2D eigenvalue weighted by Crippen LogP contribution is 2.29. The molecule has 1 aliphatic rings. The highest BCUT2D eigenvalue weighted by atomic mass is 15.2. The normalized spacial score (nSPS) is 18.3. The summed E-state index contributed by atoms with van der Waals surface area (Å²) in [6.07, 6.45) is 4.64. The lowest BCUT2D eigenvalue weighted by molar-refractivity contribution is 0.744. The van der Waals surface area contributed by atoms with E-state index in [1.807, 2.05) is 30.5 Å². The van der Waals surface area contributed by atoms with Crippen LogP contribution in [0.4, 0.5) is 5.69 Å². The van der Waals surface area contributed by atoms with E-state index in [4.69, 9.17) is 5.26 Å². The number of hydrogen-bond donors (Lipinski definition) is 0. The molecule has 1 atom stereocenters. The predicted octanol–water partition coefficient (Wildman–Crippen LogP) is 2.34. The summed E-state index contributed by atoms with van der Waals surface area (Å²) in [6, 6.07) is 12.0. The average molecular weight is 250 g/mol. The monoisotopic (exact) mass is 250 g/mol. The molecule has 2 aromatic rings. The molecule has 19 heavy (non-hydrogen) atoms. The molecule has 0 spiro atoms. The van der Waals surface area contributed by atoms with Crippen LogP contribution >= 0.6 is 0 Å².